The molecule has 0 radical (unpaired) electrons. The number of hydrogen-bond donors (Lipinski definition) is 1. The van der Waals surface area contributed by atoms with Gasteiger partial charge in [0.25, 0.3) is 0 Å². The molecule has 4 nitrogen and oxygen atoms in total. The van der Waals surface area contributed by atoms with Crippen molar-refractivity contribution in [1.82, 2.24) is 4.90 Å². The van der Waals surface area contributed by atoms with E-state index in [2.05, 4.69) is 15.0 Å². The van der Waals surface area contributed by atoms with Gasteiger partial charge < -0.3 is 19.7 Å². The zero-order valence-corrected chi connectivity index (χ0v) is 12.0. The molecule has 3 aliphatic heterocycles. The van der Waals surface area contributed by atoms with Crippen molar-refractivity contribution in [1.29, 1.82) is 0 Å². The van der Waals surface area contributed by atoms with Gasteiger partial charge in [0.05, 0.1) is 12.8 Å². The molecule has 3 fully saturated rings. The summed E-state index contributed by atoms with van der Waals surface area (Å²) in [6.45, 7) is 0.407. The summed E-state index contributed by atoms with van der Waals surface area (Å²) in [5.74, 6) is 1.39. The van der Waals surface area contributed by atoms with Gasteiger partial charge in [-0.25, -0.2) is 0 Å². The largest absolute Gasteiger partial charge is 0.497 e. The fraction of sp³-hybridized carbons (Fsp3) is 0.600. The van der Waals surface area contributed by atoms with Crippen molar-refractivity contribution in [2.24, 2.45) is 5.92 Å². The van der Waals surface area contributed by atoms with E-state index in [0.717, 1.165) is 32.5 Å². The first-order valence-corrected chi connectivity index (χ1v) is 7.27. The number of rotatable bonds is 5. The molecule has 2 bridgehead atoms. The predicted octanol–water partition coefficient (Wildman–Crippen LogP) is 2.80. The number of fused-ring (bicyclic) bond motifs is 3. The van der Waals surface area contributed by atoms with E-state index in [4.69, 9.17) is 4.74 Å². The highest BCUT2D eigenvalue weighted by atomic mass is 19.3. The van der Waals surface area contributed by atoms with Crippen molar-refractivity contribution in [3.63, 3.8) is 0 Å². The first kappa shape index (κ1) is 14.4. The molecule has 0 aromatic heterocycles. The molecule has 0 spiro atoms. The van der Waals surface area contributed by atoms with Crippen molar-refractivity contribution in [2.75, 3.05) is 32.1 Å². The molecule has 1 atom stereocenters. The van der Waals surface area contributed by atoms with Gasteiger partial charge in [0, 0.05) is 18.7 Å². The molecule has 116 valence electrons. The molecule has 1 aromatic rings. The van der Waals surface area contributed by atoms with Crippen LogP contribution in [-0.4, -0.2) is 44.3 Å². The van der Waals surface area contributed by atoms with Crippen molar-refractivity contribution in [3.8, 4) is 11.5 Å². The van der Waals surface area contributed by atoms with Crippen molar-refractivity contribution in [3.05, 3.63) is 18.2 Å². The summed E-state index contributed by atoms with van der Waals surface area (Å²) in [4.78, 5) is 2.41. The molecule has 1 unspecified atom stereocenters. The van der Waals surface area contributed by atoms with E-state index in [9.17, 15) is 8.78 Å². The Kier molecular flexibility index (Phi) is 4.14. The molecule has 6 heteroatoms. The smallest absolute Gasteiger partial charge is 0.387 e. The third-order valence-electron chi connectivity index (χ3n) is 4.40. The van der Waals surface area contributed by atoms with Gasteiger partial charge in [0.1, 0.15) is 11.5 Å². The number of benzene rings is 1. The van der Waals surface area contributed by atoms with Crippen LogP contribution in [0.5, 0.6) is 11.5 Å². The highest BCUT2D eigenvalue weighted by Gasteiger charge is 2.34. The molecular formula is C15H20F2N2O2. The Morgan fingerprint density at radius 1 is 1.29 bits per heavy atom. The minimum Gasteiger partial charge on any atom is -0.497 e. The second kappa shape index (κ2) is 6.05. The van der Waals surface area contributed by atoms with Crippen LogP contribution < -0.4 is 14.8 Å². The van der Waals surface area contributed by atoms with Gasteiger partial charge in [0.15, 0.2) is 0 Å². The van der Waals surface area contributed by atoms with E-state index in [0.29, 0.717) is 17.4 Å². The van der Waals surface area contributed by atoms with Crippen LogP contribution in [-0.2, 0) is 0 Å². The first-order valence-electron chi connectivity index (χ1n) is 7.27. The summed E-state index contributed by atoms with van der Waals surface area (Å²) in [5, 5.41) is 3.38. The van der Waals surface area contributed by atoms with E-state index >= 15 is 0 Å². The summed E-state index contributed by atoms with van der Waals surface area (Å²) in [5.41, 5.74) is 0.577. The Morgan fingerprint density at radius 3 is 2.62 bits per heavy atom. The predicted molar refractivity (Wildman–Crippen MR) is 76.2 cm³/mol. The van der Waals surface area contributed by atoms with Gasteiger partial charge in [-0.2, -0.15) is 8.78 Å². The van der Waals surface area contributed by atoms with Crippen molar-refractivity contribution < 1.29 is 18.3 Å². The number of halogens is 2. The zero-order valence-electron chi connectivity index (χ0n) is 12.0. The average molecular weight is 298 g/mol. The van der Waals surface area contributed by atoms with Crippen LogP contribution in [0, 0.1) is 5.92 Å². The number of nitrogens with one attached hydrogen (secondary N) is 1. The van der Waals surface area contributed by atoms with Crippen molar-refractivity contribution in [2.45, 2.75) is 25.5 Å². The van der Waals surface area contributed by atoms with Crippen LogP contribution in [0.3, 0.4) is 0 Å². The number of anilines is 1. The summed E-state index contributed by atoms with van der Waals surface area (Å²) in [7, 11) is 1.56. The van der Waals surface area contributed by atoms with Crippen LogP contribution in [0.2, 0.25) is 0 Å². The first-order chi connectivity index (χ1) is 10.2. The Bertz CT molecular complexity index is 491. The standard InChI is InChI=1S/C15H20F2N2O2/c1-20-11-2-3-14(21-15(16)17)12(8-11)18-13-9-19-6-4-10(13)5-7-19/h2-3,8,10,13,15,18H,4-7,9H2,1H3. The van der Waals surface area contributed by atoms with Crippen LogP contribution in [0.1, 0.15) is 12.8 Å². The summed E-state index contributed by atoms with van der Waals surface area (Å²) in [6.07, 6.45) is 2.32. The minimum atomic E-state index is -2.83. The average Bonchev–Trinajstić information content (AvgIpc) is 2.50. The molecule has 21 heavy (non-hydrogen) atoms. The Labute approximate surface area is 123 Å². The van der Waals surface area contributed by atoms with Crippen molar-refractivity contribution >= 4 is 5.69 Å². The lowest BCUT2D eigenvalue weighted by Crippen LogP contribution is -2.53. The molecule has 3 heterocycles. The maximum atomic E-state index is 12.5. The second-order valence-electron chi connectivity index (χ2n) is 5.63. The third-order valence-corrected chi connectivity index (χ3v) is 4.40. The zero-order chi connectivity index (χ0) is 14.8. The van der Waals surface area contributed by atoms with E-state index < -0.39 is 6.61 Å². The van der Waals surface area contributed by atoms with E-state index in [1.54, 1.807) is 19.2 Å². The number of alkyl halides is 2. The highest BCUT2D eigenvalue weighted by molar-refractivity contribution is 5.60. The number of piperidine rings is 3. The lowest BCUT2D eigenvalue weighted by atomic mass is 9.84. The van der Waals surface area contributed by atoms with E-state index in [1.807, 2.05) is 0 Å². The number of hydrogen-bond acceptors (Lipinski definition) is 4. The normalized spacial score (nSPS) is 27.7. The lowest BCUT2D eigenvalue weighted by Gasteiger charge is -2.45. The molecule has 4 rings (SSSR count). The summed E-state index contributed by atoms with van der Waals surface area (Å²) >= 11 is 0. The molecule has 0 saturated carbocycles. The second-order valence-corrected chi connectivity index (χ2v) is 5.63. The number of methoxy groups -OCH3 is 1. The molecule has 0 amide bonds. The van der Waals surface area contributed by atoms with Gasteiger partial charge in [-0.1, -0.05) is 0 Å². The SMILES string of the molecule is COc1ccc(OC(F)F)c(NC2CN3CCC2CC3)c1. The number of ether oxygens (including phenoxy) is 2. The molecule has 3 saturated heterocycles. The third kappa shape index (κ3) is 3.20. The Hall–Kier alpha value is -1.56. The number of nitrogens with zero attached hydrogens (tertiary/aromatic N) is 1. The maximum Gasteiger partial charge on any atom is 0.387 e. The summed E-state index contributed by atoms with van der Waals surface area (Å²) in [6, 6.07) is 5.14. The molecular weight excluding hydrogens is 278 g/mol. The Balaban J connectivity index is 1.79. The van der Waals surface area contributed by atoms with Gasteiger partial charge in [-0.15, -0.1) is 0 Å². The fourth-order valence-electron chi connectivity index (χ4n) is 3.28. The monoisotopic (exact) mass is 298 g/mol. The fourth-order valence-corrected chi connectivity index (χ4v) is 3.28. The van der Waals surface area contributed by atoms with Crippen LogP contribution in [0.15, 0.2) is 18.2 Å². The summed E-state index contributed by atoms with van der Waals surface area (Å²) < 4.78 is 34.8. The molecule has 1 N–H and O–H groups in total. The molecule has 1 aromatic carbocycles. The van der Waals surface area contributed by atoms with E-state index in [1.165, 1.54) is 6.07 Å². The van der Waals surface area contributed by atoms with Gasteiger partial charge in [0.2, 0.25) is 0 Å². The lowest BCUT2D eigenvalue weighted by molar-refractivity contribution is -0.0494. The molecule has 3 aliphatic rings. The maximum absolute atomic E-state index is 12.5. The van der Waals surface area contributed by atoms with Gasteiger partial charge in [-0.3, -0.25) is 0 Å². The Morgan fingerprint density at radius 2 is 2.05 bits per heavy atom. The van der Waals surface area contributed by atoms with Gasteiger partial charge in [-0.05, 0) is 44.0 Å². The quantitative estimate of drug-likeness (QED) is 0.906. The minimum absolute atomic E-state index is 0.169. The van der Waals surface area contributed by atoms with Crippen LogP contribution >= 0.6 is 0 Å². The highest BCUT2D eigenvalue weighted by Crippen LogP contribution is 2.35. The topological polar surface area (TPSA) is 33.7 Å². The molecule has 0 aliphatic carbocycles. The van der Waals surface area contributed by atoms with Gasteiger partial charge >= 0.3 is 6.61 Å². The van der Waals surface area contributed by atoms with Crippen LogP contribution in [0.4, 0.5) is 14.5 Å². The van der Waals surface area contributed by atoms with Crippen LogP contribution in [0.25, 0.3) is 0 Å². The van der Waals surface area contributed by atoms with E-state index in [-0.39, 0.29) is 11.8 Å².